The standard InChI is InChI=1S/C5H7BrN2.C5H10O2/c1-4-3-5(6)7-8(4)2;1-5(2,3)7-4-6/h3H,1-2H3;4H,1-3H3. The van der Waals surface area contributed by atoms with E-state index in [0.717, 1.165) is 10.3 Å². The molecule has 0 fully saturated rings. The Labute approximate surface area is 98.7 Å². The second-order valence-corrected chi connectivity index (χ2v) is 4.87. The molecule has 5 heteroatoms. The average Bonchev–Trinajstić information content (AvgIpc) is 2.27. The first-order chi connectivity index (χ1) is 6.76. The van der Waals surface area contributed by atoms with Gasteiger partial charge in [0.05, 0.1) is 0 Å². The molecule has 0 aliphatic carbocycles. The summed E-state index contributed by atoms with van der Waals surface area (Å²) >= 11 is 3.25. The van der Waals surface area contributed by atoms with E-state index in [2.05, 4.69) is 25.8 Å². The lowest BCUT2D eigenvalue weighted by molar-refractivity contribution is -0.138. The summed E-state index contributed by atoms with van der Waals surface area (Å²) in [4.78, 5) is 9.60. The van der Waals surface area contributed by atoms with Gasteiger partial charge in [-0.1, -0.05) is 0 Å². The number of aromatic nitrogens is 2. The van der Waals surface area contributed by atoms with Gasteiger partial charge in [-0.2, -0.15) is 5.10 Å². The van der Waals surface area contributed by atoms with Gasteiger partial charge < -0.3 is 4.74 Å². The lowest BCUT2D eigenvalue weighted by Gasteiger charge is -2.14. The summed E-state index contributed by atoms with van der Waals surface area (Å²) in [6, 6.07) is 1.97. The van der Waals surface area contributed by atoms with Gasteiger partial charge in [-0.25, -0.2) is 0 Å². The van der Waals surface area contributed by atoms with Crippen LogP contribution >= 0.6 is 15.9 Å². The van der Waals surface area contributed by atoms with Gasteiger partial charge in [0, 0.05) is 12.7 Å². The van der Waals surface area contributed by atoms with Crippen molar-refractivity contribution in [3.8, 4) is 0 Å². The molecule has 1 aromatic heterocycles. The maximum atomic E-state index is 9.60. The van der Waals surface area contributed by atoms with Crippen LogP contribution in [0, 0.1) is 6.92 Å². The molecule has 4 nitrogen and oxygen atoms in total. The van der Waals surface area contributed by atoms with E-state index in [9.17, 15) is 4.79 Å². The third-order valence-corrected chi connectivity index (χ3v) is 1.87. The normalized spacial score (nSPS) is 10.3. The molecule has 0 N–H and O–H groups in total. The van der Waals surface area contributed by atoms with E-state index in [1.54, 1.807) is 0 Å². The van der Waals surface area contributed by atoms with E-state index >= 15 is 0 Å². The molecule has 0 saturated carbocycles. The first-order valence-electron chi connectivity index (χ1n) is 4.54. The van der Waals surface area contributed by atoms with Crippen molar-refractivity contribution in [3.63, 3.8) is 0 Å². The monoisotopic (exact) mass is 276 g/mol. The van der Waals surface area contributed by atoms with Gasteiger partial charge in [-0.3, -0.25) is 9.48 Å². The minimum Gasteiger partial charge on any atom is -0.462 e. The predicted molar refractivity (Wildman–Crippen MR) is 62.5 cm³/mol. The zero-order chi connectivity index (χ0) is 12.1. The summed E-state index contributed by atoms with van der Waals surface area (Å²) in [6.07, 6.45) is 0. The Kier molecular flexibility index (Phi) is 5.57. The highest BCUT2D eigenvalue weighted by atomic mass is 79.9. The highest BCUT2D eigenvalue weighted by molar-refractivity contribution is 9.10. The van der Waals surface area contributed by atoms with Gasteiger partial charge in [0.1, 0.15) is 10.2 Å². The Morgan fingerprint density at radius 2 is 2.07 bits per heavy atom. The number of halogens is 1. The fourth-order valence-corrected chi connectivity index (χ4v) is 1.23. The Hall–Kier alpha value is -0.840. The van der Waals surface area contributed by atoms with Gasteiger partial charge in [0.15, 0.2) is 0 Å². The molecule has 1 aromatic rings. The van der Waals surface area contributed by atoms with E-state index in [1.807, 2.05) is 45.5 Å². The van der Waals surface area contributed by atoms with Crippen LogP contribution in [-0.4, -0.2) is 21.9 Å². The van der Waals surface area contributed by atoms with Crippen LogP contribution in [0.4, 0.5) is 0 Å². The van der Waals surface area contributed by atoms with Crippen molar-refractivity contribution in [1.29, 1.82) is 0 Å². The molecule has 0 radical (unpaired) electrons. The van der Waals surface area contributed by atoms with E-state index in [-0.39, 0.29) is 5.60 Å². The molecule has 15 heavy (non-hydrogen) atoms. The van der Waals surface area contributed by atoms with E-state index in [0.29, 0.717) is 6.47 Å². The number of rotatable bonds is 1. The maximum absolute atomic E-state index is 9.60. The zero-order valence-electron chi connectivity index (χ0n) is 9.74. The lowest BCUT2D eigenvalue weighted by Crippen LogP contribution is -2.17. The molecule has 0 spiro atoms. The summed E-state index contributed by atoms with van der Waals surface area (Å²) in [7, 11) is 1.92. The largest absolute Gasteiger partial charge is 0.462 e. The molecule has 1 heterocycles. The molecular weight excluding hydrogens is 260 g/mol. The van der Waals surface area contributed by atoms with Crippen LogP contribution in [0.1, 0.15) is 26.5 Å². The summed E-state index contributed by atoms with van der Waals surface area (Å²) in [5.74, 6) is 0. The van der Waals surface area contributed by atoms with Crippen molar-refractivity contribution < 1.29 is 9.53 Å². The second kappa shape index (κ2) is 5.90. The highest BCUT2D eigenvalue weighted by Crippen LogP contribution is 2.06. The Bertz CT molecular complexity index is 296. The number of aryl methyl sites for hydroxylation is 2. The van der Waals surface area contributed by atoms with Crippen LogP contribution in [0.25, 0.3) is 0 Å². The van der Waals surface area contributed by atoms with Gasteiger partial charge >= 0.3 is 0 Å². The summed E-state index contributed by atoms with van der Waals surface area (Å²) in [5, 5.41) is 4.04. The number of carbonyl (C=O) groups excluding carboxylic acids is 1. The molecule has 0 aliphatic heterocycles. The molecule has 0 saturated heterocycles. The molecule has 0 aliphatic rings. The molecule has 0 amide bonds. The maximum Gasteiger partial charge on any atom is 0.293 e. The lowest BCUT2D eigenvalue weighted by atomic mass is 10.2. The Balaban J connectivity index is 0.000000265. The van der Waals surface area contributed by atoms with Crippen LogP contribution in [-0.2, 0) is 16.6 Å². The number of nitrogens with zero attached hydrogens (tertiary/aromatic N) is 2. The third-order valence-electron chi connectivity index (χ3n) is 1.49. The molecule has 0 unspecified atom stereocenters. The van der Waals surface area contributed by atoms with Gasteiger partial charge in [-0.05, 0) is 49.7 Å². The second-order valence-electron chi connectivity index (χ2n) is 4.06. The van der Waals surface area contributed by atoms with Crippen molar-refractivity contribution in [2.45, 2.75) is 33.3 Å². The Morgan fingerprint density at radius 3 is 2.13 bits per heavy atom. The predicted octanol–water partition coefficient (Wildman–Crippen LogP) is 2.45. The van der Waals surface area contributed by atoms with Crippen molar-refractivity contribution in [3.05, 3.63) is 16.4 Å². The van der Waals surface area contributed by atoms with Crippen molar-refractivity contribution >= 4 is 22.4 Å². The summed E-state index contributed by atoms with van der Waals surface area (Å²) in [5.41, 5.74) is 0.846. The summed E-state index contributed by atoms with van der Waals surface area (Å²) < 4.78 is 7.27. The van der Waals surface area contributed by atoms with E-state index in [4.69, 9.17) is 0 Å². The van der Waals surface area contributed by atoms with Gasteiger partial charge in [-0.15, -0.1) is 0 Å². The first-order valence-corrected chi connectivity index (χ1v) is 5.33. The van der Waals surface area contributed by atoms with Crippen LogP contribution < -0.4 is 0 Å². The summed E-state index contributed by atoms with van der Waals surface area (Å²) in [6.45, 7) is 7.93. The molecule has 0 aromatic carbocycles. The van der Waals surface area contributed by atoms with Crippen molar-refractivity contribution in [2.75, 3.05) is 0 Å². The zero-order valence-corrected chi connectivity index (χ0v) is 11.3. The fourth-order valence-electron chi connectivity index (χ4n) is 0.661. The van der Waals surface area contributed by atoms with Gasteiger partial charge in [0.25, 0.3) is 6.47 Å². The number of carbonyl (C=O) groups is 1. The average molecular weight is 277 g/mol. The molecule has 0 atom stereocenters. The Morgan fingerprint density at radius 1 is 1.53 bits per heavy atom. The van der Waals surface area contributed by atoms with Crippen molar-refractivity contribution in [1.82, 2.24) is 9.78 Å². The van der Waals surface area contributed by atoms with Crippen LogP contribution in [0.2, 0.25) is 0 Å². The van der Waals surface area contributed by atoms with Crippen molar-refractivity contribution in [2.24, 2.45) is 7.05 Å². The number of hydrogen-bond acceptors (Lipinski definition) is 3. The smallest absolute Gasteiger partial charge is 0.293 e. The van der Waals surface area contributed by atoms with E-state index < -0.39 is 0 Å². The molecule has 1 rings (SSSR count). The number of ether oxygens (including phenoxy) is 1. The van der Waals surface area contributed by atoms with Crippen LogP contribution in [0.5, 0.6) is 0 Å². The molecular formula is C10H17BrN2O2. The first kappa shape index (κ1) is 14.2. The number of hydrogen-bond donors (Lipinski definition) is 0. The third kappa shape index (κ3) is 7.13. The van der Waals surface area contributed by atoms with Crippen LogP contribution in [0.15, 0.2) is 10.7 Å². The quantitative estimate of drug-likeness (QED) is 0.740. The SMILES string of the molecule is CC(C)(C)OC=O.Cc1cc(Br)nn1C. The minimum atomic E-state index is -0.318. The topological polar surface area (TPSA) is 44.1 Å². The molecule has 86 valence electrons. The molecule has 0 bridgehead atoms. The van der Waals surface area contributed by atoms with E-state index in [1.165, 1.54) is 0 Å². The highest BCUT2D eigenvalue weighted by Gasteiger charge is 2.07. The van der Waals surface area contributed by atoms with Crippen LogP contribution in [0.3, 0.4) is 0 Å². The minimum absolute atomic E-state index is 0.318. The fraction of sp³-hybridized carbons (Fsp3) is 0.600. The van der Waals surface area contributed by atoms with Gasteiger partial charge in [0.2, 0.25) is 0 Å².